The van der Waals surface area contributed by atoms with Gasteiger partial charge in [0.1, 0.15) is 5.82 Å². The van der Waals surface area contributed by atoms with E-state index < -0.39 is 0 Å². The van der Waals surface area contributed by atoms with Gasteiger partial charge in [-0.05, 0) is 55.9 Å². The number of carbonyl (C=O) groups is 1. The summed E-state index contributed by atoms with van der Waals surface area (Å²) in [7, 11) is 2.09. The fraction of sp³-hybridized carbons (Fsp3) is 0.360. The van der Waals surface area contributed by atoms with E-state index in [0.717, 1.165) is 55.5 Å². The molecule has 1 aliphatic heterocycles. The Morgan fingerprint density at radius 1 is 1.13 bits per heavy atom. The van der Waals surface area contributed by atoms with Crippen LogP contribution in [0.4, 0.5) is 0 Å². The van der Waals surface area contributed by atoms with Crippen LogP contribution in [0.3, 0.4) is 0 Å². The average Bonchev–Trinajstić information content (AvgIpc) is 3.35. The van der Waals surface area contributed by atoms with Gasteiger partial charge in [0.2, 0.25) is 5.91 Å². The number of fused-ring (bicyclic) bond motifs is 2. The average molecular weight is 401 g/mol. The van der Waals surface area contributed by atoms with Crippen LogP contribution in [0.2, 0.25) is 0 Å². The van der Waals surface area contributed by atoms with E-state index in [1.54, 1.807) is 0 Å². The van der Waals surface area contributed by atoms with E-state index in [1.165, 1.54) is 16.5 Å². The highest BCUT2D eigenvalue weighted by atomic mass is 16.2. The third-order valence-corrected chi connectivity index (χ3v) is 6.36. The van der Waals surface area contributed by atoms with Crippen LogP contribution in [0.5, 0.6) is 0 Å². The smallest absolute Gasteiger partial charge is 0.223 e. The highest BCUT2D eigenvalue weighted by Crippen LogP contribution is 2.31. The van der Waals surface area contributed by atoms with Gasteiger partial charge in [-0.3, -0.25) is 4.79 Å². The summed E-state index contributed by atoms with van der Waals surface area (Å²) in [5, 5.41) is 1.30. The molecule has 5 nitrogen and oxygen atoms in total. The number of aromatic amines is 1. The first-order valence-corrected chi connectivity index (χ1v) is 11.0. The number of rotatable bonds is 5. The topological polar surface area (TPSA) is 53.9 Å². The summed E-state index contributed by atoms with van der Waals surface area (Å²) in [6.45, 7) is 0.828. The Hall–Kier alpha value is -3.08. The first-order chi connectivity index (χ1) is 14.7. The van der Waals surface area contributed by atoms with Crippen molar-refractivity contribution in [2.45, 2.75) is 44.6 Å². The van der Waals surface area contributed by atoms with Crippen molar-refractivity contribution in [3.05, 3.63) is 66.1 Å². The van der Waals surface area contributed by atoms with Gasteiger partial charge < -0.3 is 14.5 Å². The van der Waals surface area contributed by atoms with Crippen molar-refractivity contribution in [2.24, 2.45) is 7.05 Å². The zero-order valence-electron chi connectivity index (χ0n) is 17.5. The largest absolute Gasteiger partial charge is 0.350 e. The Morgan fingerprint density at radius 2 is 1.97 bits per heavy atom. The van der Waals surface area contributed by atoms with E-state index in [2.05, 4.69) is 52.0 Å². The van der Waals surface area contributed by atoms with E-state index in [1.807, 2.05) is 24.3 Å². The number of para-hydroxylation sites is 3. The van der Waals surface area contributed by atoms with Crippen molar-refractivity contribution in [1.29, 1.82) is 0 Å². The van der Waals surface area contributed by atoms with Crippen LogP contribution >= 0.6 is 0 Å². The highest BCUT2D eigenvalue weighted by Gasteiger charge is 2.29. The number of H-pyrrole nitrogens is 1. The minimum atomic E-state index is 0.0659. The van der Waals surface area contributed by atoms with Crippen molar-refractivity contribution in [3.63, 3.8) is 0 Å². The Bertz CT molecular complexity index is 1160. The number of amides is 1. The molecule has 1 N–H and O–H groups in total. The van der Waals surface area contributed by atoms with Gasteiger partial charge >= 0.3 is 0 Å². The number of aromatic nitrogens is 3. The number of nitrogens with one attached hydrogen (secondary N) is 1. The normalized spacial score (nSPS) is 17.1. The summed E-state index contributed by atoms with van der Waals surface area (Å²) in [6, 6.07) is 16.6. The molecule has 3 heterocycles. The predicted molar refractivity (Wildman–Crippen MR) is 120 cm³/mol. The van der Waals surface area contributed by atoms with E-state index >= 15 is 0 Å². The third kappa shape index (κ3) is 3.49. The van der Waals surface area contributed by atoms with E-state index in [0.29, 0.717) is 6.42 Å². The van der Waals surface area contributed by atoms with Crippen molar-refractivity contribution < 1.29 is 4.79 Å². The molecule has 0 unspecified atom stereocenters. The van der Waals surface area contributed by atoms with Crippen LogP contribution < -0.4 is 0 Å². The number of carbonyl (C=O) groups excluding carboxylic acids is 1. The van der Waals surface area contributed by atoms with Crippen molar-refractivity contribution >= 4 is 27.8 Å². The zero-order valence-corrected chi connectivity index (χ0v) is 17.5. The standard InChI is InChI=1S/C25H28N4O/c1-28-17-18(19-10-2-5-13-22(19)28)9-8-15-24(30)29-16-7-6-14-23(29)25-26-20-11-3-4-12-21(20)27-25/h2-5,10-13,17,23H,6-9,14-16H2,1H3,(H,26,27)/t23-/m1/s1. The first-order valence-electron chi connectivity index (χ1n) is 11.0. The maximum atomic E-state index is 13.1. The fourth-order valence-corrected chi connectivity index (χ4v) is 4.84. The first kappa shape index (κ1) is 18.9. The van der Waals surface area contributed by atoms with Crippen LogP contribution in [0.1, 0.15) is 49.5 Å². The van der Waals surface area contributed by atoms with Crippen molar-refractivity contribution in [2.75, 3.05) is 6.54 Å². The second-order valence-corrected chi connectivity index (χ2v) is 8.37. The lowest BCUT2D eigenvalue weighted by Crippen LogP contribution is -2.38. The number of benzene rings is 2. The molecule has 30 heavy (non-hydrogen) atoms. The second-order valence-electron chi connectivity index (χ2n) is 8.37. The van der Waals surface area contributed by atoms with Crippen molar-refractivity contribution in [3.8, 4) is 0 Å². The lowest BCUT2D eigenvalue weighted by atomic mass is 10.00. The van der Waals surface area contributed by atoms with Gasteiger partial charge in [-0.25, -0.2) is 4.98 Å². The molecule has 1 atom stereocenters. The third-order valence-electron chi connectivity index (χ3n) is 6.36. The summed E-state index contributed by atoms with van der Waals surface area (Å²) in [4.78, 5) is 23.4. The monoisotopic (exact) mass is 400 g/mol. The summed E-state index contributed by atoms with van der Waals surface area (Å²) in [5.74, 6) is 1.18. The molecular weight excluding hydrogens is 372 g/mol. The molecule has 1 saturated heterocycles. The molecule has 0 bridgehead atoms. The van der Waals surface area contributed by atoms with Gasteiger partial charge in [0.25, 0.3) is 0 Å². The zero-order chi connectivity index (χ0) is 20.5. The molecule has 5 rings (SSSR count). The van der Waals surface area contributed by atoms with Gasteiger partial charge in [-0.2, -0.15) is 0 Å². The number of nitrogens with zero attached hydrogens (tertiary/aromatic N) is 3. The van der Waals surface area contributed by atoms with E-state index in [-0.39, 0.29) is 11.9 Å². The SMILES string of the molecule is Cn1cc(CCCC(=O)N2CCCC[C@@H]2c2nc3ccccc3[nH]2)c2ccccc21. The van der Waals surface area contributed by atoms with Gasteiger partial charge in [0, 0.05) is 37.1 Å². The lowest BCUT2D eigenvalue weighted by Gasteiger charge is -2.34. The second kappa shape index (κ2) is 7.98. The summed E-state index contributed by atoms with van der Waals surface area (Å²) >= 11 is 0. The number of hydrogen-bond acceptors (Lipinski definition) is 2. The summed E-state index contributed by atoms with van der Waals surface area (Å²) < 4.78 is 2.18. The number of aryl methyl sites for hydroxylation is 2. The molecule has 1 amide bonds. The molecule has 4 aromatic rings. The van der Waals surface area contributed by atoms with Crippen LogP contribution in [0, 0.1) is 0 Å². The molecule has 0 spiro atoms. The van der Waals surface area contributed by atoms with Crippen LogP contribution in [0.25, 0.3) is 21.9 Å². The quantitative estimate of drug-likeness (QED) is 0.505. The number of hydrogen-bond donors (Lipinski definition) is 1. The van der Waals surface area contributed by atoms with Crippen LogP contribution in [-0.2, 0) is 18.3 Å². The molecular formula is C25H28N4O. The molecule has 1 fully saturated rings. The summed E-state index contributed by atoms with van der Waals surface area (Å²) in [6.07, 6.45) is 7.78. The fourth-order valence-electron chi connectivity index (χ4n) is 4.84. The van der Waals surface area contributed by atoms with Crippen molar-refractivity contribution in [1.82, 2.24) is 19.4 Å². The maximum Gasteiger partial charge on any atom is 0.223 e. The molecule has 2 aromatic carbocycles. The molecule has 0 radical (unpaired) electrons. The van der Waals surface area contributed by atoms with E-state index in [4.69, 9.17) is 4.98 Å². The van der Waals surface area contributed by atoms with Gasteiger partial charge in [0.05, 0.1) is 17.1 Å². The van der Waals surface area contributed by atoms with Crippen LogP contribution in [0.15, 0.2) is 54.7 Å². The molecule has 0 saturated carbocycles. The lowest BCUT2D eigenvalue weighted by molar-refractivity contribution is -0.135. The van der Waals surface area contributed by atoms with Gasteiger partial charge in [0.15, 0.2) is 0 Å². The Labute approximate surface area is 176 Å². The number of imidazole rings is 1. The predicted octanol–water partition coefficient (Wildman–Crippen LogP) is 5.13. The molecule has 2 aromatic heterocycles. The minimum absolute atomic E-state index is 0.0659. The minimum Gasteiger partial charge on any atom is -0.350 e. The van der Waals surface area contributed by atoms with E-state index in [9.17, 15) is 4.79 Å². The number of likely N-dealkylation sites (tertiary alicyclic amines) is 1. The number of piperidine rings is 1. The molecule has 5 heteroatoms. The summed E-state index contributed by atoms with van der Waals surface area (Å²) in [5.41, 5.74) is 4.59. The molecule has 0 aliphatic carbocycles. The Balaban J connectivity index is 1.28. The Morgan fingerprint density at radius 3 is 2.87 bits per heavy atom. The van der Waals surface area contributed by atoms with Gasteiger partial charge in [-0.15, -0.1) is 0 Å². The Kier molecular flexibility index (Phi) is 5.03. The van der Waals surface area contributed by atoms with Crippen LogP contribution in [-0.4, -0.2) is 31.9 Å². The molecule has 154 valence electrons. The maximum absolute atomic E-state index is 13.1. The van der Waals surface area contributed by atoms with Gasteiger partial charge in [-0.1, -0.05) is 30.3 Å². The molecule has 1 aliphatic rings. The highest BCUT2D eigenvalue weighted by molar-refractivity contribution is 5.84.